The van der Waals surface area contributed by atoms with E-state index in [0.717, 1.165) is 24.2 Å². The third-order valence-electron chi connectivity index (χ3n) is 4.13. The lowest BCUT2D eigenvalue weighted by molar-refractivity contribution is 0.331. The van der Waals surface area contributed by atoms with Gasteiger partial charge >= 0.3 is 0 Å². The molecule has 0 saturated heterocycles. The molecule has 2 nitrogen and oxygen atoms in total. The fourth-order valence-corrected chi connectivity index (χ4v) is 2.86. The Morgan fingerprint density at radius 1 is 1.25 bits per heavy atom. The normalized spacial score (nSPS) is 24.1. The molecular formula is C14H20N2. The maximum Gasteiger partial charge on any atom is 0.0316 e. The number of hydrogen-bond donors (Lipinski definition) is 2. The van der Waals surface area contributed by atoms with Crippen molar-refractivity contribution in [3.63, 3.8) is 0 Å². The summed E-state index contributed by atoms with van der Waals surface area (Å²) in [5.74, 6) is 0.719. The molecule has 3 N–H and O–H groups in total. The van der Waals surface area contributed by atoms with E-state index in [1.54, 1.807) is 0 Å². The molecule has 2 heteroatoms. The topological polar surface area (TPSA) is 38.0 Å². The van der Waals surface area contributed by atoms with Crippen LogP contribution in [0.2, 0.25) is 0 Å². The predicted molar refractivity (Wildman–Crippen MR) is 67.6 cm³/mol. The molecule has 86 valence electrons. The van der Waals surface area contributed by atoms with Gasteiger partial charge in [-0.3, -0.25) is 0 Å². The molecule has 2 aliphatic rings. The van der Waals surface area contributed by atoms with Crippen molar-refractivity contribution in [3.05, 3.63) is 29.3 Å². The highest BCUT2D eigenvalue weighted by molar-refractivity contribution is 5.48. The van der Waals surface area contributed by atoms with E-state index >= 15 is 0 Å². The summed E-state index contributed by atoms with van der Waals surface area (Å²) in [7, 11) is 0. The summed E-state index contributed by atoms with van der Waals surface area (Å²) in [6.45, 7) is 1.15. The maximum atomic E-state index is 5.81. The molecule has 0 spiro atoms. The molecule has 1 atom stereocenters. The van der Waals surface area contributed by atoms with Crippen molar-refractivity contribution in [2.45, 2.75) is 44.1 Å². The quantitative estimate of drug-likeness (QED) is 0.762. The first kappa shape index (κ1) is 10.2. The molecule has 0 heterocycles. The lowest BCUT2D eigenvalue weighted by Crippen LogP contribution is -2.37. The van der Waals surface area contributed by atoms with Gasteiger partial charge < -0.3 is 11.1 Å². The molecular weight excluding hydrogens is 196 g/mol. The molecule has 16 heavy (non-hydrogen) atoms. The van der Waals surface area contributed by atoms with Gasteiger partial charge in [0.05, 0.1) is 0 Å². The van der Waals surface area contributed by atoms with Crippen molar-refractivity contribution < 1.29 is 0 Å². The Labute approximate surface area is 97.2 Å². The number of nitrogen functional groups attached to an aromatic ring is 1. The number of nitrogens with two attached hydrogens (primary N) is 1. The van der Waals surface area contributed by atoms with Gasteiger partial charge in [-0.1, -0.05) is 12.5 Å². The Kier molecular flexibility index (Phi) is 2.60. The number of nitrogens with one attached hydrogen (secondary N) is 1. The van der Waals surface area contributed by atoms with E-state index in [2.05, 4.69) is 17.4 Å². The summed E-state index contributed by atoms with van der Waals surface area (Å²) in [6.07, 6.45) is 6.66. The number of hydrogen-bond acceptors (Lipinski definition) is 2. The molecule has 1 aromatic carbocycles. The van der Waals surface area contributed by atoms with Gasteiger partial charge in [-0.05, 0) is 54.9 Å². The van der Waals surface area contributed by atoms with Gasteiger partial charge in [-0.15, -0.1) is 0 Å². The summed E-state index contributed by atoms with van der Waals surface area (Å²) < 4.78 is 0. The van der Waals surface area contributed by atoms with Gasteiger partial charge in [-0.25, -0.2) is 0 Å². The first-order valence-electron chi connectivity index (χ1n) is 6.44. The zero-order valence-corrected chi connectivity index (χ0v) is 9.71. The average Bonchev–Trinajstić information content (AvgIpc) is 2.58. The summed E-state index contributed by atoms with van der Waals surface area (Å²) in [4.78, 5) is 0. The van der Waals surface area contributed by atoms with Crippen LogP contribution in [0.15, 0.2) is 18.2 Å². The molecule has 0 aromatic heterocycles. The van der Waals surface area contributed by atoms with Gasteiger partial charge in [0.2, 0.25) is 0 Å². The molecule has 1 fully saturated rings. The molecule has 3 rings (SSSR count). The summed E-state index contributed by atoms with van der Waals surface area (Å²) in [5.41, 5.74) is 9.72. The Hall–Kier alpha value is -1.02. The second kappa shape index (κ2) is 4.10. The van der Waals surface area contributed by atoms with E-state index in [9.17, 15) is 0 Å². The van der Waals surface area contributed by atoms with Gasteiger partial charge in [0.25, 0.3) is 0 Å². The van der Waals surface area contributed by atoms with Crippen LogP contribution < -0.4 is 11.1 Å². The highest BCUT2D eigenvalue weighted by Gasteiger charge is 2.24. The molecule has 1 saturated carbocycles. The zero-order valence-electron chi connectivity index (χ0n) is 9.71. The minimum absolute atomic E-state index is 0.719. The van der Waals surface area contributed by atoms with Crippen molar-refractivity contribution in [1.82, 2.24) is 5.32 Å². The zero-order chi connectivity index (χ0) is 11.0. The molecule has 1 aromatic rings. The Bertz CT molecular complexity index is 382. The van der Waals surface area contributed by atoms with Crippen molar-refractivity contribution in [2.24, 2.45) is 0 Å². The third-order valence-corrected chi connectivity index (χ3v) is 4.13. The smallest absolute Gasteiger partial charge is 0.0316 e. The van der Waals surface area contributed by atoms with E-state index in [0.29, 0.717) is 0 Å². The lowest BCUT2D eigenvalue weighted by Gasteiger charge is -2.28. The minimum Gasteiger partial charge on any atom is -0.399 e. The van der Waals surface area contributed by atoms with Crippen LogP contribution in [0.4, 0.5) is 5.69 Å². The van der Waals surface area contributed by atoms with Crippen molar-refractivity contribution >= 4 is 5.69 Å². The Morgan fingerprint density at radius 2 is 2.12 bits per heavy atom. The first-order chi connectivity index (χ1) is 7.83. The Morgan fingerprint density at radius 3 is 2.88 bits per heavy atom. The monoisotopic (exact) mass is 216 g/mol. The molecule has 1 unspecified atom stereocenters. The van der Waals surface area contributed by atoms with Crippen LogP contribution in [0.1, 0.15) is 42.7 Å². The van der Waals surface area contributed by atoms with Crippen LogP contribution in [-0.4, -0.2) is 12.6 Å². The third kappa shape index (κ3) is 1.82. The highest BCUT2D eigenvalue weighted by atomic mass is 14.9. The minimum atomic E-state index is 0.719. The van der Waals surface area contributed by atoms with Gasteiger partial charge in [0, 0.05) is 18.3 Å². The van der Waals surface area contributed by atoms with Gasteiger partial charge in [-0.2, -0.15) is 0 Å². The van der Waals surface area contributed by atoms with E-state index in [1.165, 1.54) is 43.2 Å². The number of rotatable bonds is 3. The predicted octanol–water partition coefficient (Wildman–Crippen LogP) is 2.44. The second-order valence-corrected chi connectivity index (χ2v) is 5.23. The van der Waals surface area contributed by atoms with E-state index in [1.807, 2.05) is 6.07 Å². The molecule has 0 aliphatic heterocycles. The lowest BCUT2D eigenvalue weighted by atomic mass is 9.92. The average molecular weight is 216 g/mol. The number of aryl methyl sites for hydroxylation is 1. The van der Waals surface area contributed by atoms with E-state index in [4.69, 9.17) is 5.73 Å². The van der Waals surface area contributed by atoms with E-state index in [-0.39, 0.29) is 0 Å². The summed E-state index contributed by atoms with van der Waals surface area (Å²) >= 11 is 0. The first-order valence-corrected chi connectivity index (χ1v) is 6.44. The number of fused-ring (bicyclic) bond motifs is 1. The summed E-state index contributed by atoms with van der Waals surface area (Å²) in [6, 6.07) is 7.22. The maximum absolute atomic E-state index is 5.81. The fourth-order valence-electron chi connectivity index (χ4n) is 2.86. The van der Waals surface area contributed by atoms with Crippen LogP contribution in [-0.2, 0) is 6.42 Å². The highest BCUT2D eigenvalue weighted by Crippen LogP contribution is 2.34. The standard InChI is InChI=1S/C14H20N2/c15-12-6-7-14-10(8-12)4-5-11(14)9-16-13-2-1-3-13/h6-8,11,13,16H,1-5,9,15H2. The SMILES string of the molecule is Nc1ccc2c(c1)CCC2CNC1CCC1. The summed E-state index contributed by atoms with van der Waals surface area (Å²) in [5, 5.41) is 3.69. The van der Waals surface area contributed by atoms with Crippen molar-refractivity contribution in [2.75, 3.05) is 12.3 Å². The second-order valence-electron chi connectivity index (χ2n) is 5.23. The molecule has 2 aliphatic carbocycles. The Balaban J connectivity index is 1.66. The number of anilines is 1. The van der Waals surface area contributed by atoms with Gasteiger partial charge in [0.15, 0.2) is 0 Å². The fraction of sp³-hybridized carbons (Fsp3) is 0.571. The van der Waals surface area contributed by atoms with Crippen LogP contribution in [0, 0.1) is 0 Å². The van der Waals surface area contributed by atoms with Crippen LogP contribution in [0.25, 0.3) is 0 Å². The van der Waals surface area contributed by atoms with Crippen LogP contribution in [0.5, 0.6) is 0 Å². The van der Waals surface area contributed by atoms with Gasteiger partial charge in [0.1, 0.15) is 0 Å². The van der Waals surface area contributed by atoms with Crippen molar-refractivity contribution in [1.29, 1.82) is 0 Å². The largest absolute Gasteiger partial charge is 0.399 e. The van der Waals surface area contributed by atoms with Crippen LogP contribution >= 0.6 is 0 Å². The molecule has 0 amide bonds. The molecule has 0 bridgehead atoms. The number of benzene rings is 1. The van der Waals surface area contributed by atoms with E-state index < -0.39 is 0 Å². The van der Waals surface area contributed by atoms with Crippen LogP contribution in [0.3, 0.4) is 0 Å². The molecule has 0 radical (unpaired) electrons. The van der Waals surface area contributed by atoms with Crippen molar-refractivity contribution in [3.8, 4) is 0 Å².